The van der Waals surface area contributed by atoms with Crippen molar-refractivity contribution in [3.8, 4) is 22.7 Å². The molecule has 0 amide bonds. The van der Waals surface area contributed by atoms with Gasteiger partial charge < -0.3 is 8.94 Å². The first-order valence-electron chi connectivity index (χ1n) is 9.45. The number of hydrogen-bond donors (Lipinski definition) is 0. The Hall–Kier alpha value is -2.77. The van der Waals surface area contributed by atoms with E-state index in [9.17, 15) is 0 Å². The minimum atomic E-state index is 0.538. The summed E-state index contributed by atoms with van der Waals surface area (Å²) in [6.07, 6.45) is 1.78. The fraction of sp³-hybridized carbons (Fsp3) is 0.227. The average molecular weight is 453 g/mol. The van der Waals surface area contributed by atoms with Crippen LogP contribution < -0.4 is 0 Å². The van der Waals surface area contributed by atoms with E-state index in [1.807, 2.05) is 67.7 Å². The van der Waals surface area contributed by atoms with Gasteiger partial charge in [0.1, 0.15) is 11.5 Å². The Kier molecular flexibility index (Phi) is 6.17. The standard InChI is InChI=1S/C22H21BrN4O2/c1-27(15-21-24-25-22(28-21)17-9-11-18(23)12-10-17)13-5-8-19-14-20(26-29-19)16-6-3-2-4-7-16/h2-4,6-7,9-12,14H,5,8,13,15H2,1H3. The second kappa shape index (κ2) is 9.15. The quantitative estimate of drug-likeness (QED) is 0.365. The van der Waals surface area contributed by atoms with Crippen molar-refractivity contribution < 1.29 is 8.94 Å². The molecule has 0 atom stereocenters. The second-order valence-corrected chi connectivity index (χ2v) is 7.81. The first kappa shape index (κ1) is 19.5. The molecule has 29 heavy (non-hydrogen) atoms. The summed E-state index contributed by atoms with van der Waals surface area (Å²) in [6.45, 7) is 1.49. The van der Waals surface area contributed by atoms with Crippen molar-refractivity contribution >= 4 is 15.9 Å². The van der Waals surface area contributed by atoms with Crippen molar-refractivity contribution in [3.05, 3.63) is 76.8 Å². The highest BCUT2D eigenvalue weighted by molar-refractivity contribution is 9.10. The molecular formula is C22H21BrN4O2. The van der Waals surface area contributed by atoms with Gasteiger partial charge in [-0.15, -0.1) is 10.2 Å². The van der Waals surface area contributed by atoms with Crippen molar-refractivity contribution in [3.63, 3.8) is 0 Å². The summed E-state index contributed by atoms with van der Waals surface area (Å²) in [7, 11) is 2.04. The predicted octanol–water partition coefficient (Wildman–Crippen LogP) is 5.22. The number of benzene rings is 2. The Labute approximate surface area is 177 Å². The maximum absolute atomic E-state index is 5.79. The van der Waals surface area contributed by atoms with Gasteiger partial charge in [-0.1, -0.05) is 51.4 Å². The van der Waals surface area contributed by atoms with E-state index >= 15 is 0 Å². The minimum absolute atomic E-state index is 0.538. The number of aromatic nitrogens is 3. The third-order valence-electron chi connectivity index (χ3n) is 4.55. The van der Waals surface area contributed by atoms with E-state index in [2.05, 4.69) is 36.2 Å². The highest BCUT2D eigenvalue weighted by Gasteiger charge is 2.11. The van der Waals surface area contributed by atoms with Crippen LogP contribution in [0.25, 0.3) is 22.7 Å². The molecule has 0 aliphatic carbocycles. The van der Waals surface area contributed by atoms with Crippen LogP contribution in [0.5, 0.6) is 0 Å². The van der Waals surface area contributed by atoms with Crippen molar-refractivity contribution in [2.45, 2.75) is 19.4 Å². The molecule has 0 unspecified atom stereocenters. The lowest BCUT2D eigenvalue weighted by atomic mass is 10.1. The molecule has 0 aliphatic rings. The molecule has 0 saturated heterocycles. The number of hydrogen-bond acceptors (Lipinski definition) is 6. The van der Waals surface area contributed by atoms with Gasteiger partial charge in [0.15, 0.2) is 0 Å². The van der Waals surface area contributed by atoms with Crippen molar-refractivity contribution in [1.82, 2.24) is 20.3 Å². The molecule has 0 saturated carbocycles. The summed E-state index contributed by atoms with van der Waals surface area (Å²) < 4.78 is 12.3. The van der Waals surface area contributed by atoms with Crippen LogP contribution in [0, 0.1) is 0 Å². The Bertz CT molecular complexity index is 1040. The summed E-state index contributed by atoms with van der Waals surface area (Å²) in [6, 6.07) is 19.9. The Morgan fingerprint density at radius 3 is 2.55 bits per heavy atom. The number of aryl methyl sites for hydroxylation is 1. The van der Waals surface area contributed by atoms with Gasteiger partial charge in [-0.05, 0) is 44.3 Å². The fourth-order valence-electron chi connectivity index (χ4n) is 3.04. The lowest BCUT2D eigenvalue weighted by Crippen LogP contribution is -2.19. The van der Waals surface area contributed by atoms with Gasteiger partial charge in [0.25, 0.3) is 0 Å². The molecule has 4 rings (SSSR count). The van der Waals surface area contributed by atoms with Crippen molar-refractivity contribution in [1.29, 1.82) is 0 Å². The predicted molar refractivity (Wildman–Crippen MR) is 114 cm³/mol. The van der Waals surface area contributed by atoms with Crippen LogP contribution in [0.1, 0.15) is 18.1 Å². The average Bonchev–Trinajstić information content (AvgIpc) is 3.39. The van der Waals surface area contributed by atoms with Crippen molar-refractivity contribution in [2.24, 2.45) is 0 Å². The molecule has 2 aromatic heterocycles. The molecule has 7 heteroatoms. The second-order valence-electron chi connectivity index (χ2n) is 6.89. The van der Waals surface area contributed by atoms with Gasteiger partial charge in [-0.2, -0.15) is 0 Å². The Balaban J connectivity index is 1.26. The number of rotatable bonds is 8. The molecule has 6 nitrogen and oxygen atoms in total. The molecular weight excluding hydrogens is 432 g/mol. The fourth-order valence-corrected chi connectivity index (χ4v) is 3.30. The molecule has 0 radical (unpaired) electrons. The molecule has 148 valence electrons. The summed E-state index contributed by atoms with van der Waals surface area (Å²) in [5.41, 5.74) is 2.85. The van der Waals surface area contributed by atoms with Crippen LogP contribution in [0.2, 0.25) is 0 Å². The van der Waals surface area contributed by atoms with Crippen LogP contribution in [0.3, 0.4) is 0 Å². The number of nitrogens with zero attached hydrogens (tertiary/aromatic N) is 4. The van der Waals surface area contributed by atoms with Crippen LogP contribution in [-0.4, -0.2) is 33.8 Å². The molecule has 0 fully saturated rings. The van der Waals surface area contributed by atoms with Crippen LogP contribution in [-0.2, 0) is 13.0 Å². The molecule has 4 aromatic rings. The summed E-state index contributed by atoms with van der Waals surface area (Å²) >= 11 is 3.43. The monoisotopic (exact) mass is 452 g/mol. The highest BCUT2D eigenvalue weighted by Crippen LogP contribution is 2.21. The zero-order valence-electron chi connectivity index (χ0n) is 16.1. The zero-order valence-corrected chi connectivity index (χ0v) is 17.7. The molecule has 0 bridgehead atoms. The maximum atomic E-state index is 5.79. The van der Waals surface area contributed by atoms with E-state index in [0.717, 1.165) is 46.4 Å². The molecule has 0 N–H and O–H groups in total. The summed E-state index contributed by atoms with van der Waals surface area (Å²) in [5, 5.41) is 12.5. The normalized spacial score (nSPS) is 11.3. The SMILES string of the molecule is CN(CCCc1cc(-c2ccccc2)no1)Cc1nnc(-c2ccc(Br)cc2)o1. The first-order chi connectivity index (χ1) is 14.2. The van der Waals surface area contributed by atoms with Gasteiger partial charge in [-0.3, -0.25) is 4.90 Å². The largest absolute Gasteiger partial charge is 0.419 e. The van der Waals surface area contributed by atoms with Crippen molar-refractivity contribution in [2.75, 3.05) is 13.6 Å². The van der Waals surface area contributed by atoms with E-state index in [0.29, 0.717) is 18.3 Å². The molecule has 2 heterocycles. The highest BCUT2D eigenvalue weighted by atomic mass is 79.9. The third-order valence-corrected chi connectivity index (χ3v) is 5.08. The summed E-state index contributed by atoms with van der Waals surface area (Å²) in [4.78, 5) is 2.16. The van der Waals surface area contributed by atoms with Crippen LogP contribution in [0.4, 0.5) is 0 Å². The third kappa shape index (κ3) is 5.19. The van der Waals surface area contributed by atoms with Gasteiger partial charge in [0, 0.05) is 28.1 Å². The molecule has 0 aliphatic heterocycles. The Morgan fingerprint density at radius 2 is 1.76 bits per heavy atom. The maximum Gasteiger partial charge on any atom is 0.247 e. The summed E-state index contributed by atoms with van der Waals surface area (Å²) in [5.74, 6) is 2.04. The van der Waals surface area contributed by atoms with Gasteiger partial charge >= 0.3 is 0 Å². The van der Waals surface area contributed by atoms with Gasteiger partial charge in [-0.25, -0.2) is 0 Å². The van der Waals surface area contributed by atoms with Gasteiger partial charge in [0.2, 0.25) is 11.8 Å². The Morgan fingerprint density at radius 1 is 0.966 bits per heavy atom. The smallest absolute Gasteiger partial charge is 0.247 e. The van der Waals surface area contributed by atoms with E-state index in [1.165, 1.54) is 0 Å². The lowest BCUT2D eigenvalue weighted by Gasteiger charge is -2.13. The van der Waals surface area contributed by atoms with E-state index in [-0.39, 0.29) is 0 Å². The topological polar surface area (TPSA) is 68.2 Å². The lowest BCUT2D eigenvalue weighted by molar-refractivity contribution is 0.281. The molecule has 0 spiro atoms. The van der Waals surface area contributed by atoms with E-state index in [1.54, 1.807) is 0 Å². The van der Waals surface area contributed by atoms with Gasteiger partial charge in [0.05, 0.1) is 6.54 Å². The van der Waals surface area contributed by atoms with E-state index in [4.69, 9.17) is 8.94 Å². The zero-order chi connectivity index (χ0) is 20.1. The van der Waals surface area contributed by atoms with Crippen LogP contribution in [0.15, 0.2) is 74.1 Å². The minimum Gasteiger partial charge on any atom is -0.419 e. The first-order valence-corrected chi connectivity index (χ1v) is 10.2. The number of halogens is 1. The van der Waals surface area contributed by atoms with Crippen LogP contribution >= 0.6 is 15.9 Å². The van der Waals surface area contributed by atoms with E-state index < -0.39 is 0 Å². The molecule has 2 aromatic carbocycles.